The van der Waals surface area contributed by atoms with E-state index in [4.69, 9.17) is 0 Å². The van der Waals surface area contributed by atoms with Gasteiger partial charge in [-0.2, -0.15) is 4.31 Å². The highest BCUT2D eigenvalue weighted by Crippen LogP contribution is 2.05. The average Bonchev–Trinajstić information content (AvgIpc) is 2.53. The lowest BCUT2D eigenvalue weighted by Crippen LogP contribution is -2.49. The van der Waals surface area contributed by atoms with Crippen LogP contribution in [0.5, 0.6) is 0 Å². The molecule has 1 amide bonds. The number of benzene rings is 1. The Morgan fingerprint density at radius 2 is 1.79 bits per heavy atom. The molecule has 1 fully saturated rings. The van der Waals surface area contributed by atoms with Gasteiger partial charge in [0, 0.05) is 45.3 Å². The fraction of sp³-hybridized carbons (Fsp3) is 0.438. The van der Waals surface area contributed by atoms with Crippen LogP contribution < -0.4 is 5.32 Å². The molecular weight excluding hydrogens is 350 g/mol. The fourth-order valence-corrected chi connectivity index (χ4v) is 3.24. The van der Waals surface area contributed by atoms with E-state index in [-0.39, 0.29) is 18.3 Å². The molecule has 0 bridgehead atoms. The molecule has 0 aliphatic carbocycles. The standard InChI is InChI=1S/C16H23N3O3S.ClH/c1-23(21,22)19-13-11-18(12-14-19)10-9-17-16(20)8-7-15-5-3-2-4-6-15;/h2-8H,9-14H2,1H3,(H,17,20);1H. The van der Waals surface area contributed by atoms with Gasteiger partial charge in [0.05, 0.1) is 6.26 Å². The number of sulfonamides is 1. The number of piperazine rings is 1. The molecule has 1 aromatic carbocycles. The molecule has 1 N–H and O–H groups in total. The van der Waals surface area contributed by atoms with E-state index in [9.17, 15) is 13.2 Å². The third kappa shape index (κ3) is 7.00. The maximum Gasteiger partial charge on any atom is 0.244 e. The first-order valence-electron chi connectivity index (χ1n) is 7.63. The summed E-state index contributed by atoms with van der Waals surface area (Å²) in [7, 11) is -3.09. The molecule has 1 saturated heterocycles. The molecule has 1 aliphatic heterocycles. The van der Waals surface area contributed by atoms with E-state index in [1.807, 2.05) is 30.3 Å². The van der Waals surface area contributed by atoms with Crippen molar-refractivity contribution in [3.63, 3.8) is 0 Å². The number of carbonyl (C=O) groups is 1. The van der Waals surface area contributed by atoms with Gasteiger partial charge in [0.15, 0.2) is 0 Å². The molecule has 0 saturated carbocycles. The maximum atomic E-state index is 11.7. The summed E-state index contributed by atoms with van der Waals surface area (Å²) >= 11 is 0. The number of amides is 1. The van der Waals surface area contributed by atoms with Crippen LogP contribution in [0.4, 0.5) is 0 Å². The van der Waals surface area contributed by atoms with Gasteiger partial charge in [-0.05, 0) is 11.6 Å². The molecule has 1 aromatic rings. The molecule has 134 valence electrons. The number of rotatable bonds is 6. The highest BCUT2D eigenvalue weighted by molar-refractivity contribution is 7.88. The molecular formula is C16H24ClN3O3S. The Balaban J connectivity index is 0.00000288. The predicted molar refractivity (Wildman–Crippen MR) is 98.6 cm³/mol. The largest absolute Gasteiger partial charge is 0.351 e. The Kier molecular flexibility index (Phi) is 8.41. The van der Waals surface area contributed by atoms with Crippen LogP contribution >= 0.6 is 12.4 Å². The zero-order valence-corrected chi connectivity index (χ0v) is 15.4. The van der Waals surface area contributed by atoms with Crippen molar-refractivity contribution in [3.05, 3.63) is 42.0 Å². The van der Waals surface area contributed by atoms with Crippen LogP contribution in [0.2, 0.25) is 0 Å². The summed E-state index contributed by atoms with van der Waals surface area (Å²) in [4.78, 5) is 13.9. The first-order valence-corrected chi connectivity index (χ1v) is 9.48. The SMILES string of the molecule is CS(=O)(=O)N1CCN(CCNC(=O)C=Cc2ccccc2)CC1.Cl. The molecule has 1 aliphatic rings. The lowest BCUT2D eigenvalue weighted by atomic mass is 10.2. The first-order chi connectivity index (χ1) is 10.9. The second-order valence-electron chi connectivity index (χ2n) is 5.54. The minimum absolute atomic E-state index is 0. The van der Waals surface area contributed by atoms with E-state index in [0.29, 0.717) is 32.7 Å². The molecule has 0 radical (unpaired) electrons. The molecule has 0 unspecified atom stereocenters. The Hall–Kier alpha value is -1.41. The van der Waals surface area contributed by atoms with Gasteiger partial charge in [-0.15, -0.1) is 12.4 Å². The number of hydrogen-bond donors (Lipinski definition) is 1. The van der Waals surface area contributed by atoms with Gasteiger partial charge in [-0.1, -0.05) is 30.3 Å². The van der Waals surface area contributed by atoms with E-state index in [2.05, 4.69) is 10.2 Å². The van der Waals surface area contributed by atoms with Gasteiger partial charge < -0.3 is 5.32 Å². The summed E-state index contributed by atoms with van der Waals surface area (Å²) in [6, 6.07) is 9.65. The Morgan fingerprint density at radius 1 is 1.17 bits per heavy atom. The van der Waals surface area contributed by atoms with Crippen molar-refractivity contribution in [3.8, 4) is 0 Å². The van der Waals surface area contributed by atoms with Gasteiger partial charge in [0.1, 0.15) is 0 Å². The summed E-state index contributed by atoms with van der Waals surface area (Å²) < 4.78 is 24.3. The summed E-state index contributed by atoms with van der Waals surface area (Å²) in [6.07, 6.45) is 4.54. The van der Waals surface area contributed by atoms with Crippen molar-refractivity contribution in [1.29, 1.82) is 0 Å². The molecule has 2 rings (SSSR count). The first kappa shape index (κ1) is 20.6. The quantitative estimate of drug-likeness (QED) is 0.749. The molecule has 8 heteroatoms. The van der Waals surface area contributed by atoms with Crippen LogP contribution in [0.15, 0.2) is 36.4 Å². The van der Waals surface area contributed by atoms with E-state index >= 15 is 0 Å². The Morgan fingerprint density at radius 3 is 2.38 bits per heavy atom. The lowest BCUT2D eigenvalue weighted by molar-refractivity contribution is -0.116. The normalized spacial score (nSPS) is 16.7. The predicted octanol–water partition coefficient (Wildman–Crippen LogP) is 0.815. The summed E-state index contributed by atoms with van der Waals surface area (Å²) in [6.45, 7) is 3.70. The number of nitrogens with one attached hydrogen (secondary N) is 1. The van der Waals surface area contributed by atoms with Gasteiger partial charge >= 0.3 is 0 Å². The zero-order chi connectivity index (χ0) is 16.7. The van der Waals surface area contributed by atoms with Crippen molar-refractivity contribution in [2.24, 2.45) is 0 Å². The van der Waals surface area contributed by atoms with Gasteiger partial charge in [-0.3, -0.25) is 9.69 Å². The lowest BCUT2D eigenvalue weighted by Gasteiger charge is -2.33. The molecule has 0 atom stereocenters. The molecule has 0 aromatic heterocycles. The minimum Gasteiger partial charge on any atom is -0.351 e. The smallest absolute Gasteiger partial charge is 0.244 e. The highest BCUT2D eigenvalue weighted by Gasteiger charge is 2.22. The molecule has 0 spiro atoms. The fourth-order valence-electron chi connectivity index (χ4n) is 2.42. The van der Waals surface area contributed by atoms with Gasteiger partial charge in [0.25, 0.3) is 0 Å². The second-order valence-corrected chi connectivity index (χ2v) is 7.52. The average molecular weight is 374 g/mol. The van der Waals surface area contributed by atoms with E-state index in [1.165, 1.54) is 16.6 Å². The van der Waals surface area contributed by atoms with Gasteiger partial charge in [-0.25, -0.2) is 8.42 Å². The number of hydrogen-bond acceptors (Lipinski definition) is 4. The van der Waals surface area contributed by atoms with Crippen LogP contribution in [0, 0.1) is 0 Å². The minimum atomic E-state index is -3.09. The van der Waals surface area contributed by atoms with Crippen LogP contribution in [0.25, 0.3) is 6.08 Å². The van der Waals surface area contributed by atoms with Crippen LogP contribution in [0.1, 0.15) is 5.56 Å². The van der Waals surface area contributed by atoms with Crippen molar-refractivity contribution < 1.29 is 13.2 Å². The number of nitrogens with zero attached hydrogens (tertiary/aromatic N) is 2. The zero-order valence-electron chi connectivity index (χ0n) is 13.7. The summed E-state index contributed by atoms with van der Waals surface area (Å²) in [5.41, 5.74) is 0.986. The van der Waals surface area contributed by atoms with E-state index in [0.717, 1.165) is 12.1 Å². The van der Waals surface area contributed by atoms with Crippen LogP contribution in [0.3, 0.4) is 0 Å². The summed E-state index contributed by atoms with van der Waals surface area (Å²) in [5, 5.41) is 2.84. The topological polar surface area (TPSA) is 69.7 Å². The number of halogens is 1. The molecule has 1 heterocycles. The monoisotopic (exact) mass is 373 g/mol. The van der Waals surface area contributed by atoms with Crippen molar-refractivity contribution in [2.75, 3.05) is 45.5 Å². The van der Waals surface area contributed by atoms with E-state index < -0.39 is 10.0 Å². The van der Waals surface area contributed by atoms with Crippen molar-refractivity contribution in [1.82, 2.24) is 14.5 Å². The molecule has 24 heavy (non-hydrogen) atoms. The maximum absolute atomic E-state index is 11.7. The number of carbonyl (C=O) groups excluding carboxylic acids is 1. The molecule has 6 nitrogen and oxygen atoms in total. The van der Waals surface area contributed by atoms with Crippen LogP contribution in [-0.4, -0.2) is 69.1 Å². The van der Waals surface area contributed by atoms with Gasteiger partial charge in [0.2, 0.25) is 15.9 Å². The second kappa shape index (κ2) is 9.78. The van der Waals surface area contributed by atoms with E-state index in [1.54, 1.807) is 6.08 Å². The van der Waals surface area contributed by atoms with Crippen molar-refractivity contribution in [2.45, 2.75) is 0 Å². The van der Waals surface area contributed by atoms with Crippen molar-refractivity contribution >= 4 is 34.4 Å². The highest BCUT2D eigenvalue weighted by atomic mass is 35.5. The Bertz CT molecular complexity index is 642. The van der Waals surface area contributed by atoms with Crippen LogP contribution in [-0.2, 0) is 14.8 Å². The summed E-state index contributed by atoms with van der Waals surface area (Å²) in [5.74, 6) is -0.122. The third-order valence-corrected chi connectivity index (χ3v) is 5.06. The third-order valence-electron chi connectivity index (χ3n) is 3.75. The Labute approximate surface area is 150 Å².